The van der Waals surface area contributed by atoms with Gasteiger partial charge >= 0.3 is 0 Å². The molecule has 0 N–H and O–H groups in total. The third kappa shape index (κ3) is 1.84. The lowest BCUT2D eigenvalue weighted by atomic mass is 10.1. The third-order valence-corrected chi connectivity index (χ3v) is 2.37. The van der Waals surface area contributed by atoms with Gasteiger partial charge < -0.3 is 4.52 Å². The smallest absolute Gasteiger partial charge is 0.258 e. The Labute approximate surface area is 95.8 Å². The molecule has 0 aliphatic heterocycles. The molecule has 5 heteroatoms. The van der Waals surface area contributed by atoms with Crippen LogP contribution in [0.1, 0.15) is 16.1 Å². The van der Waals surface area contributed by atoms with E-state index in [4.69, 9.17) is 16.1 Å². The van der Waals surface area contributed by atoms with Crippen LogP contribution in [0.2, 0.25) is 0 Å². The average molecular weight is 240 g/mol. The highest BCUT2D eigenvalue weighted by atomic mass is 35.5. The number of halogens is 2. The maximum Gasteiger partial charge on any atom is 0.258 e. The lowest BCUT2D eigenvalue weighted by molar-refractivity contribution is 0.108. The Balaban J connectivity index is 2.56. The van der Waals surface area contributed by atoms with E-state index >= 15 is 0 Å². The van der Waals surface area contributed by atoms with Gasteiger partial charge in [0.2, 0.25) is 0 Å². The lowest BCUT2D eigenvalue weighted by Crippen LogP contribution is -1.93. The van der Waals surface area contributed by atoms with Crippen LogP contribution in [0.4, 0.5) is 4.39 Å². The van der Waals surface area contributed by atoms with Gasteiger partial charge in [0.1, 0.15) is 22.8 Å². The lowest BCUT2D eigenvalue weighted by Gasteiger charge is -1.97. The summed E-state index contributed by atoms with van der Waals surface area (Å²) in [5.41, 5.74) is 1.13. The fourth-order valence-corrected chi connectivity index (χ4v) is 1.63. The first-order valence-corrected chi connectivity index (χ1v) is 4.89. The molecule has 2 aromatic rings. The first-order valence-electron chi connectivity index (χ1n) is 4.51. The van der Waals surface area contributed by atoms with Crippen LogP contribution in [-0.2, 0) is 0 Å². The van der Waals surface area contributed by atoms with Crippen molar-refractivity contribution < 1.29 is 13.7 Å². The van der Waals surface area contributed by atoms with Crippen LogP contribution in [0.25, 0.3) is 11.3 Å². The highest BCUT2D eigenvalue weighted by Crippen LogP contribution is 2.26. The van der Waals surface area contributed by atoms with E-state index in [-0.39, 0.29) is 11.4 Å². The minimum Gasteiger partial charge on any atom is -0.360 e. The summed E-state index contributed by atoms with van der Waals surface area (Å²) in [6.45, 7) is 1.59. The second-order valence-electron chi connectivity index (χ2n) is 3.24. The first-order chi connectivity index (χ1) is 7.59. The number of aryl methyl sites for hydroxylation is 1. The summed E-state index contributed by atoms with van der Waals surface area (Å²) in [6, 6.07) is 5.58. The largest absolute Gasteiger partial charge is 0.360 e. The van der Waals surface area contributed by atoms with Crippen LogP contribution in [0.3, 0.4) is 0 Å². The standard InChI is InChI=1S/C11H7ClFNO2/c1-6-9(11(12)15)10(14-16-6)7-2-4-8(13)5-3-7/h2-5H,1H3. The molecule has 2 rings (SSSR count). The molecular formula is C11H7ClFNO2. The summed E-state index contributed by atoms with van der Waals surface area (Å²) in [5.74, 6) is -0.0120. The van der Waals surface area contributed by atoms with E-state index in [9.17, 15) is 9.18 Å². The van der Waals surface area contributed by atoms with E-state index in [1.165, 1.54) is 24.3 Å². The molecule has 0 radical (unpaired) electrons. The van der Waals surface area contributed by atoms with Crippen molar-refractivity contribution in [3.05, 3.63) is 41.4 Å². The van der Waals surface area contributed by atoms with E-state index in [0.29, 0.717) is 17.0 Å². The Hall–Kier alpha value is -1.68. The number of carbonyl (C=O) groups excluding carboxylic acids is 1. The summed E-state index contributed by atoms with van der Waals surface area (Å²) in [4.78, 5) is 11.2. The Morgan fingerprint density at radius 1 is 1.38 bits per heavy atom. The van der Waals surface area contributed by atoms with Crippen LogP contribution >= 0.6 is 11.6 Å². The van der Waals surface area contributed by atoms with Gasteiger partial charge in [0.05, 0.1) is 0 Å². The van der Waals surface area contributed by atoms with Gasteiger partial charge in [-0.15, -0.1) is 0 Å². The van der Waals surface area contributed by atoms with Crippen LogP contribution in [0, 0.1) is 12.7 Å². The first kappa shape index (κ1) is 10.8. The van der Waals surface area contributed by atoms with Gasteiger partial charge in [-0.2, -0.15) is 0 Å². The van der Waals surface area contributed by atoms with E-state index in [1.54, 1.807) is 6.92 Å². The SMILES string of the molecule is Cc1onc(-c2ccc(F)cc2)c1C(=O)Cl. The number of benzene rings is 1. The Morgan fingerprint density at radius 3 is 2.56 bits per heavy atom. The highest BCUT2D eigenvalue weighted by Gasteiger charge is 2.19. The number of hydrogen-bond acceptors (Lipinski definition) is 3. The Morgan fingerprint density at radius 2 is 2.00 bits per heavy atom. The molecule has 0 amide bonds. The second-order valence-corrected chi connectivity index (χ2v) is 3.59. The fourth-order valence-electron chi connectivity index (χ4n) is 1.41. The average Bonchev–Trinajstić information content (AvgIpc) is 2.61. The number of hydrogen-bond donors (Lipinski definition) is 0. The van der Waals surface area contributed by atoms with Crippen molar-refractivity contribution in [1.82, 2.24) is 5.16 Å². The molecule has 1 aromatic carbocycles. The fraction of sp³-hybridized carbons (Fsp3) is 0.0909. The second kappa shape index (κ2) is 4.06. The van der Waals surface area contributed by atoms with Crippen molar-refractivity contribution in [2.24, 2.45) is 0 Å². The van der Waals surface area contributed by atoms with Crippen molar-refractivity contribution in [2.75, 3.05) is 0 Å². The van der Waals surface area contributed by atoms with Gasteiger partial charge in [0.15, 0.2) is 0 Å². The molecule has 1 heterocycles. The van der Waals surface area contributed by atoms with Gasteiger partial charge in [-0.1, -0.05) is 5.16 Å². The molecule has 1 aromatic heterocycles. The van der Waals surface area contributed by atoms with Crippen molar-refractivity contribution in [2.45, 2.75) is 6.92 Å². The van der Waals surface area contributed by atoms with Crippen LogP contribution in [0.15, 0.2) is 28.8 Å². The molecule has 0 saturated heterocycles. The maximum atomic E-state index is 12.7. The zero-order valence-electron chi connectivity index (χ0n) is 8.33. The molecule has 0 spiro atoms. The molecule has 0 unspecified atom stereocenters. The number of aromatic nitrogens is 1. The molecule has 16 heavy (non-hydrogen) atoms. The minimum absolute atomic E-state index is 0.216. The molecule has 0 saturated carbocycles. The zero-order valence-corrected chi connectivity index (χ0v) is 9.08. The monoisotopic (exact) mass is 239 g/mol. The highest BCUT2D eigenvalue weighted by molar-refractivity contribution is 6.68. The topological polar surface area (TPSA) is 43.1 Å². The number of rotatable bonds is 2. The van der Waals surface area contributed by atoms with E-state index in [2.05, 4.69) is 5.16 Å². The molecular weight excluding hydrogens is 233 g/mol. The quantitative estimate of drug-likeness (QED) is 0.756. The van der Waals surface area contributed by atoms with Crippen LogP contribution in [-0.4, -0.2) is 10.4 Å². The van der Waals surface area contributed by atoms with Gasteiger partial charge in [-0.05, 0) is 42.8 Å². The Kier molecular flexibility index (Phi) is 2.75. The number of nitrogens with zero attached hydrogens (tertiary/aromatic N) is 1. The Bertz CT molecular complexity index is 533. The summed E-state index contributed by atoms with van der Waals surface area (Å²) < 4.78 is 17.6. The summed E-state index contributed by atoms with van der Waals surface area (Å²) in [7, 11) is 0. The van der Waals surface area contributed by atoms with E-state index in [1.807, 2.05) is 0 Å². The molecule has 82 valence electrons. The van der Waals surface area contributed by atoms with Gasteiger partial charge in [0, 0.05) is 5.56 Å². The van der Waals surface area contributed by atoms with Crippen LogP contribution in [0.5, 0.6) is 0 Å². The van der Waals surface area contributed by atoms with Crippen molar-refractivity contribution in [3.8, 4) is 11.3 Å². The molecule has 0 bridgehead atoms. The predicted molar refractivity (Wildman–Crippen MR) is 56.8 cm³/mol. The van der Waals surface area contributed by atoms with Crippen molar-refractivity contribution in [3.63, 3.8) is 0 Å². The minimum atomic E-state index is -0.641. The van der Waals surface area contributed by atoms with E-state index < -0.39 is 5.24 Å². The van der Waals surface area contributed by atoms with Gasteiger partial charge in [-0.25, -0.2) is 4.39 Å². The third-order valence-electron chi connectivity index (χ3n) is 2.18. The summed E-state index contributed by atoms with van der Waals surface area (Å²) in [6.07, 6.45) is 0. The van der Waals surface area contributed by atoms with Gasteiger partial charge in [-0.3, -0.25) is 4.79 Å². The van der Waals surface area contributed by atoms with Crippen LogP contribution < -0.4 is 0 Å². The van der Waals surface area contributed by atoms with Gasteiger partial charge in [0.25, 0.3) is 5.24 Å². The van der Waals surface area contributed by atoms with E-state index in [0.717, 1.165) is 0 Å². The molecule has 3 nitrogen and oxygen atoms in total. The molecule has 0 atom stereocenters. The van der Waals surface area contributed by atoms with Crippen molar-refractivity contribution in [1.29, 1.82) is 0 Å². The maximum absolute atomic E-state index is 12.7. The molecule has 0 aliphatic carbocycles. The zero-order chi connectivity index (χ0) is 11.7. The predicted octanol–water partition coefficient (Wildman–Crippen LogP) is 3.17. The molecule has 0 fully saturated rings. The summed E-state index contributed by atoms with van der Waals surface area (Å²) in [5, 5.41) is 3.09. The summed E-state index contributed by atoms with van der Waals surface area (Å²) >= 11 is 5.42. The number of carbonyl (C=O) groups is 1. The molecule has 0 aliphatic rings. The normalized spacial score (nSPS) is 10.4. The van der Waals surface area contributed by atoms with Crippen molar-refractivity contribution >= 4 is 16.8 Å².